The second-order valence-corrected chi connectivity index (χ2v) is 12.7. The van der Waals surface area contributed by atoms with Gasteiger partial charge >= 0.3 is 6.09 Å². The molecule has 3 fully saturated rings. The van der Waals surface area contributed by atoms with Crippen LogP contribution in [0.2, 0.25) is 0 Å². The number of carbonyl (C=O) groups is 3. The van der Waals surface area contributed by atoms with Crippen molar-refractivity contribution in [3.05, 3.63) is 46.2 Å². The zero-order chi connectivity index (χ0) is 30.7. The number of alkyl carbamates (subject to hydrolysis) is 1. The first-order chi connectivity index (χ1) is 20.6. The number of fused-ring (bicyclic) bond motifs is 3. The van der Waals surface area contributed by atoms with E-state index in [9.17, 15) is 19.2 Å². The fourth-order valence-corrected chi connectivity index (χ4v) is 7.23. The molecule has 11 nitrogen and oxygen atoms in total. The normalized spacial score (nSPS) is 24.8. The van der Waals surface area contributed by atoms with Crippen LogP contribution in [0.4, 0.5) is 4.79 Å². The van der Waals surface area contributed by atoms with Gasteiger partial charge in [0.1, 0.15) is 17.5 Å². The fraction of sp³-hybridized carbons (Fsp3) is 0.625. The molecule has 0 aliphatic carbocycles. The molecule has 1 aromatic heterocycles. The molecule has 43 heavy (non-hydrogen) atoms. The molecule has 3 saturated heterocycles. The second kappa shape index (κ2) is 13.6. The molecular formula is C32H46N6O5. The van der Waals surface area contributed by atoms with Gasteiger partial charge in [-0.15, -0.1) is 0 Å². The van der Waals surface area contributed by atoms with Gasteiger partial charge in [-0.1, -0.05) is 18.2 Å². The van der Waals surface area contributed by atoms with E-state index in [0.717, 1.165) is 56.1 Å². The third kappa shape index (κ3) is 7.27. The van der Waals surface area contributed by atoms with Gasteiger partial charge in [0.25, 0.3) is 11.5 Å². The number of rotatable bonds is 11. The van der Waals surface area contributed by atoms with Crippen molar-refractivity contribution in [1.82, 2.24) is 30.3 Å². The zero-order valence-corrected chi connectivity index (χ0v) is 25.8. The topological polar surface area (TPSA) is 125 Å². The van der Waals surface area contributed by atoms with E-state index in [-0.39, 0.29) is 59.1 Å². The Morgan fingerprint density at radius 1 is 1.02 bits per heavy atom. The Kier molecular flexibility index (Phi) is 9.83. The summed E-state index contributed by atoms with van der Waals surface area (Å²) in [5, 5.41) is 9.97. The molecule has 3 N–H and O–H groups in total. The highest BCUT2D eigenvalue weighted by Crippen LogP contribution is 2.36. The van der Waals surface area contributed by atoms with Gasteiger partial charge in [-0.3, -0.25) is 24.2 Å². The lowest BCUT2D eigenvalue weighted by Crippen LogP contribution is -2.54. The number of hydrogen-bond donors (Lipinski definition) is 3. The Morgan fingerprint density at radius 2 is 1.74 bits per heavy atom. The maximum Gasteiger partial charge on any atom is 0.407 e. The van der Waals surface area contributed by atoms with Crippen LogP contribution in [-0.2, 0) is 9.53 Å². The van der Waals surface area contributed by atoms with Crippen LogP contribution in [-0.4, -0.2) is 102 Å². The van der Waals surface area contributed by atoms with Crippen molar-refractivity contribution < 1.29 is 19.1 Å². The first-order valence-corrected chi connectivity index (χ1v) is 15.7. The molecule has 11 heteroatoms. The minimum absolute atomic E-state index is 0.0235. The fourth-order valence-electron chi connectivity index (χ4n) is 7.23. The van der Waals surface area contributed by atoms with E-state index in [4.69, 9.17) is 4.74 Å². The number of para-hydroxylation sites is 1. The summed E-state index contributed by atoms with van der Waals surface area (Å²) in [5.41, 5.74) is 0.750. The van der Waals surface area contributed by atoms with Crippen LogP contribution in [0, 0.1) is 0 Å². The van der Waals surface area contributed by atoms with Crippen molar-refractivity contribution in [1.29, 1.82) is 0 Å². The molecule has 4 heterocycles. The third-order valence-corrected chi connectivity index (χ3v) is 9.19. The number of aromatic nitrogens is 1. The summed E-state index contributed by atoms with van der Waals surface area (Å²) in [4.78, 5) is 55.2. The molecule has 2 aromatic rings. The number of pyridine rings is 1. The number of hydrogen-bond acceptors (Lipinski definition) is 8. The molecule has 4 atom stereocenters. The van der Waals surface area contributed by atoms with Gasteiger partial charge in [0.15, 0.2) is 0 Å². The molecule has 1 aromatic carbocycles. The molecule has 4 unspecified atom stereocenters. The summed E-state index contributed by atoms with van der Waals surface area (Å²) >= 11 is 0. The third-order valence-electron chi connectivity index (χ3n) is 9.19. The maximum atomic E-state index is 13.5. The van der Waals surface area contributed by atoms with Crippen molar-refractivity contribution >= 4 is 28.7 Å². The maximum absolute atomic E-state index is 13.5. The molecule has 0 radical (unpaired) electrons. The number of likely N-dealkylation sites (tertiary alicyclic amines) is 1. The lowest BCUT2D eigenvalue weighted by atomic mass is 9.96. The highest BCUT2D eigenvalue weighted by atomic mass is 16.6. The van der Waals surface area contributed by atoms with E-state index in [1.165, 1.54) is 0 Å². The van der Waals surface area contributed by atoms with Crippen molar-refractivity contribution in [3.8, 4) is 0 Å². The van der Waals surface area contributed by atoms with E-state index in [0.29, 0.717) is 19.6 Å². The summed E-state index contributed by atoms with van der Waals surface area (Å²) < 4.78 is 7.54. The van der Waals surface area contributed by atoms with Gasteiger partial charge in [-0.25, -0.2) is 4.79 Å². The molecule has 2 bridgehead atoms. The smallest absolute Gasteiger partial charge is 0.407 e. The van der Waals surface area contributed by atoms with Gasteiger partial charge in [0.05, 0.1) is 12.1 Å². The van der Waals surface area contributed by atoms with E-state index in [2.05, 4.69) is 25.8 Å². The minimum atomic E-state index is -0.438. The molecule has 3 aliphatic heterocycles. The average molecular weight is 595 g/mol. The molecular weight excluding hydrogens is 548 g/mol. The predicted octanol–water partition coefficient (Wildman–Crippen LogP) is 2.29. The number of benzene rings is 1. The van der Waals surface area contributed by atoms with E-state index in [1.807, 2.05) is 38.1 Å². The summed E-state index contributed by atoms with van der Waals surface area (Å²) in [6.45, 7) is 8.84. The SMILES string of the molecule is CNC(=O)OC(CN1CCC(NCC(C)=O)C1)CN1C2CCC1CC(NC(=O)c1cc3ccccc3n(C(C)C)c1=O)C2. The number of carbonyl (C=O) groups excluding carboxylic acids is 3. The number of nitrogens with one attached hydrogen (secondary N) is 3. The Hall–Kier alpha value is -3.28. The van der Waals surface area contributed by atoms with E-state index >= 15 is 0 Å². The lowest BCUT2D eigenvalue weighted by molar-refractivity contribution is -0.116. The molecule has 0 spiro atoms. The van der Waals surface area contributed by atoms with Crippen LogP contribution in [0.5, 0.6) is 0 Å². The monoisotopic (exact) mass is 594 g/mol. The Morgan fingerprint density at radius 3 is 2.42 bits per heavy atom. The zero-order valence-electron chi connectivity index (χ0n) is 25.8. The van der Waals surface area contributed by atoms with Crippen LogP contribution in [0.25, 0.3) is 10.9 Å². The van der Waals surface area contributed by atoms with Gasteiger partial charge in [-0.05, 0) is 76.9 Å². The summed E-state index contributed by atoms with van der Waals surface area (Å²) in [7, 11) is 1.57. The summed E-state index contributed by atoms with van der Waals surface area (Å²) in [6.07, 6.45) is 3.86. The largest absolute Gasteiger partial charge is 0.444 e. The van der Waals surface area contributed by atoms with Crippen LogP contribution in [0.3, 0.4) is 0 Å². The van der Waals surface area contributed by atoms with Crippen molar-refractivity contribution in [3.63, 3.8) is 0 Å². The number of Topliss-reactive ketones (excluding diaryl/α,β-unsaturated/α-hetero) is 1. The Bertz CT molecular complexity index is 1380. The number of ether oxygens (including phenoxy) is 1. The molecule has 0 saturated carbocycles. The molecule has 3 aliphatic rings. The second-order valence-electron chi connectivity index (χ2n) is 12.7. The standard InChI is InChI=1S/C32H46N6O5/c1-20(2)38-29-8-6-5-7-22(29)13-28(31(38)41)30(40)35-24-14-25-9-10-26(15-24)37(25)19-27(43-32(42)33-4)18-36-12-11-23(17-36)34-16-21(3)39/h5-8,13,20,23-27,34H,9-12,14-19H2,1-4H3,(H,33,42)(H,35,40). The predicted molar refractivity (Wildman–Crippen MR) is 165 cm³/mol. The van der Waals surface area contributed by atoms with Gasteiger partial charge in [0, 0.05) is 56.9 Å². The van der Waals surface area contributed by atoms with Gasteiger partial charge in [0.2, 0.25) is 0 Å². The highest BCUT2D eigenvalue weighted by Gasteiger charge is 2.43. The van der Waals surface area contributed by atoms with Crippen molar-refractivity contribution in [2.24, 2.45) is 0 Å². The van der Waals surface area contributed by atoms with Gasteiger partial charge in [-0.2, -0.15) is 0 Å². The minimum Gasteiger partial charge on any atom is -0.444 e. The number of amides is 2. The molecule has 2 amide bonds. The molecule has 234 valence electrons. The first kappa shape index (κ1) is 31.2. The van der Waals surface area contributed by atoms with E-state index in [1.54, 1.807) is 24.6 Å². The number of ketones is 1. The number of piperidine rings is 1. The molecule has 5 rings (SSSR count). The number of nitrogens with zero attached hydrogens (tertiary/aromatic N) is 3. The lowest BCUT2D eigenvalue weighted by Gasteiger charge is -2.41. The Labute approximate surface area is 253 Å². The van der Waals surface area contributed by atoms with Crippen LogP contribution >= 0.6 is 0 Å². The van der Waals surface area contributed by atoms with Crippen molar-refractivity contribution in [2.75, 3.05) is 39.8 Å². The highest BCUT2D eigenvalue weighted by molar-refractivity contribution is 5.97. The van der Waals surface area contributed by atoms with E-state index < -0.39 is 6.09 Å². The van der Waals surface area contributed by atoms with Gasteiger partial charge < -0.3 is 25.3 Å². The summed E-state index contributed by atoms with van der Waals surface area (Å²) in [5.74, 6) is -0.190. The van der Waals surface area contributed by atoms with Crippen LogP contribution in [0.1, 0.15) is 69.3 Å². The summed E-state index contributed by atoms with van der Waals surface area (Å²) in [6, 6.07) is 10.1. The van der Waals surface area contributed by atoms with Crippen LogP contribution in [0.15, 0.2) is 35.1 Å². The van der Waals surface area contributed by atoms with Crippen molar-refractivity contribution in [2.45, 2.75) is 89.2 Å². The average Bonchev–Trinajstić information content (AvgIpc) is 3.50. The van der Waals surface area contributed by atoms with Crippen LogP contribution < -0.4 is 21.5 Å². The Balaban J connectivity index is 1.22. The quantitative estimate of drug-likeness (QED) is 0.362. The first-order valence-electron chi connectivity index (χ1n) is 15.7.